The van der Waals surface area contributed by atoms with Crippen molar-refractivity contribution >= 4 is 55.6 Å². The second-order valence-electron chi connectivity index (χ2n) is 3.36. The van der Waals surface area contributed by atoms with Gasteiger partial charge in [0, 0.05) is 0 Å². The topological polar surface area (TPSA) is 41.1 Å². The van der Waals surface area contributed by atoms with Gasteiger partial charge in [-0.25, -0.2) is 0 Å². The molecule has 0 unspecified atom stereocenters. The maximum atomic E-state index is 11.6. The van der Waals surface area contributed by atoms with Gasteiger partial charge in [-0.3, -0.25) is 0 Å². The van der Waals surface area contributed by atoms with Crippen molar-refractivity contribution < 1.29 is 4.79 Å². The molecule has 0 saturated carbocycles. The van der Waals surface area contributed by atoms with Crippen LogP contribution in [0, 0.1) is 0 Å². The van der Waals surface area contributed by atoms with E-state index >= 15 is 0 Å². The third kappa shape index (κ3) is 4.88. The van der Waals surface area contributed by atoms with Crippen LogP contribution in [0.25, 0.3) is 0 Å². The van der Waals surface area contributed by atoms with E-state index in [9.17, 15) is 4.79 Å². The minimum absolute atomic E-state index is 0.0347. The molecule has 2 amide bonds. The molecule has 92 valence electrons. The van der Waals surface area contributed by atoms with Crippen LogP contribution in [0.5, 0.6) is 0 Å². The molecular formula is C13H12N2OTe2. The van der Waals surface area contributed by atoms with Crippen molar-refractivity contribution in [1.29, 1.82) is 0 Å². The number of hydrogen-bond donors (Lipinski definition) is 2. The molecule has 2 aromatic carbocycles. The Labute approximate surface area is 127 Å². The van der Waals surface area contributed by atoms with Gasteiger partial charge < -0.3 is 0 Å². The molecule has 18 heavy (non-hydrogen) atoms. The van der Waals surface area contributed by atoms with E-state index in [0.29, 0.717) is 0 Å². The van der Waals surface area contributed by atoms with Gasteiger partial charge in [0.05, 0.1) is 0 Å². The first-order valence-corrected chi connectivity index (χ1v) is 10.0. The standard InChI is InChI=1S/C13H12N2OTe2/c16-13(14-17-11-7-3-1-4-8-11)15-18-12-9-5-2-6-10-12/h1-10H,(H2,14,15,16). The molecule has 2 rings (SSSR count). The number of amides is 2. The summed E-state index contributed by atoms with van der Waals surface area (Å²) in [6.07, 6.45) is 0. The predicted molar refractivity (Wildman–Crippen MR) is 75.3 cm³/mol. The Kier molecular flexibility index (Phi) is 5.84. The van der Waals surface area contributed by atoms with E-state index in [1.165, 1.54) is 7.22 Å². The van der Waals surface area contributed by atoms with Crippen molar-refractivity contribution in [1.82, 2.24) is 7.13 Å². The second-order valence-corrected chi connectivity index (χ2v) is 8.38. The fraction of sp³-hybridized carbons (Fsp3) is 0. The minimum atomic E-state index is -0.619. The summed E-state index contributed by atoms with van der Waals surface area (Å²) in [4.78, 5) is 11.6. The molecule has 0 fully saturated rings. The summed E-state index contributed by atoms with van der Waals surface area (Å²) in [6.45, 7) is 0. The number of benzene rings is 2. The fourth-order valence-electron chi connectivity index (χ4n) is 1.21. The molecule has 0 aliphatic carbocycles. The van der Waals surface area contributed by atoms with Crippen molar-refractivity contribution in [3.63, 3.8) is 0 Å². The number of carbonyl (C=O) groups excluding carboxylic acids is 1. The molecule has 0 aliphatic rings. The summed E-state index contributed by atoms with van der Waals surface area (Å²) in [5.74, 6) is 0. The molecular weight excluding hydrogens is 455 g/mol. The summed E-state index contributed by atoms with van der Waals surface area (Å²) in [5.41, 5.74) is 0. The van der Waals surface area contributed by atoms with Crippen LogP contribution < -0.4 is 14.4 Å². The summed E-state index contributed by atoms with van der Waals surface area (Å²) >= 11 is -1.24. The van der Waals surface area contributed by atoms with E-state index in [0.717, 1.165) is 0 Å². The zero-order valence-corrected chi connectivity index (χ0v) is 14.2. The number of rotatable bonds is 4. The molecule has 0 aromatic heterocycles. The maximum absolute atomic E-state index is 11.6. The Hall–Kier alpha value is -0.711. The Morgan fingerprint density at radius 3 is 1.50 bits per heavy atom. The van der Waals surface area contributed by atoms with E-state index < -0.39 is 42.4 Å². The average Bonchev–Trinajstić information content (AvgIpc) is 2.45. The second kappa shape index (κ2) is 7.66. The van der Waals surface area contributed by atoms with Gasteiger partial charge >= 0.3 is 128 Å². The molecule has 0 bridgehead atoms. The van der Waals surface area contributed by atoms with Crippen molar-refractivity contribution in [3.05, 3.63) is 60.7 Å². The first-order chi connectivity index (χ1) is 8.84. The van der Waals surface area contributed by atoms with Crippen LogP contribution in [0.2, 0.25) is 0 Å². The van der Waals surface area contributed by atoms with Crippen molar-refractivity contribution in [3.8, 4) is 0 Å². The van der Waals surface area contributed by atoms with Gasteiger partial charge in [-0.15, -0.1) is 0 Å². The number of nitrogens with one attached hydrogen (secondary N) is 2. The van der Waals surface area contributed by atoms with Crippen LogP contribution in [0.15, 0.2) is 60.7 Å². The molecule has 5 heteroatoms. The SMILES string of the molecule is O=C(N[Te]c1ccccc1)N[Te]c1ccccc1. The van der Waals surface area contributed by atoms with Crippen molar-refractivity contribution in [2.24, 2.45) is 0 Å². The van der Waals surface area contributed by atoms with Crippen LogP contribution in [0.4, 0.5) is 4.79 Å². The quantitative estimate of drug-likeness (QED) is 0.619. The normalized spacial score (nSPS) is 9.78. The first-order valence-electron chi connectivity index (χ1n) is 5.34. The van der Waals surface area contributed by atoms with Crippen molar-refractivity contribution in [2.75, 3.05) is 0 Å². The average molecular weight is 467 g/mol. The van der Waals surface area contributed by atoms with Gasteiger partial charge in [-0.05, 0) is 0 Å². The van der Waals surface area contributed by atoms with E-state index in [1.54, 1.807) is 0 Å². The molecule has 0 heterocycles. The third-order valence-electron chi connectivity index (χ3n) is 2.01. The van der Waals surface area contributed by atoms with Gasteiger partial charge in [-0.1, -0.05) is 0 Å². The monoisotopic (exact) mass is 472 g/mol. The molecule has 0 atom stereocenters. The Bertz CT molecular complexity index is 445. The summed E-state index contributed by atoms with van der Waals surface area (Å²) in [6, 6.07) is 20.1. The van der Waals surface area contributed by atoms with Gasteiger partial charge in [0.15, 0.2) is 0 Å². The van der Waals surface area contributed by atoms with Crippen LogP contribution in [-0.2, 0) is 0 Å². The molecule has 0 radical (unpaired) electrons. The Balaban J connectivity index is 1.73. The number of hydrogen-bond acceptors (Lipinski definition) is 1. The zero-order chi connectivity index (χ0) is 12.6. The summed E-state index contributed by atoms with van der Waals surface area (Å²) in [5, 5.41) is 0. The molecule has 0 saturated heterocycles. The molecule has 0 aliphatic heterocycles. The molecule has 2 aromatic rings. The van der Waals surface area contributed by atoms with Crippen LogP contribution in [0.1, 0.15) is 0 Å². The van der Waals surface area contributed by atoms with Crippen LogP contribution in [0.3, 0.4) is 0 Å². The fourth-order valence-corrected chi connectivity index (χ4v) is 5.00. The van der Waals surface area contributed by atoms with E-state index in [2.05, 4.69) is 31.4 Å². The van der Waals surface area contributed by atoms with Gasteiger partial charge in [0.2, 0.25) is 0 Å². The molecule has 0 spiro atoms. The van der Waals surface area contributed by atoms with Gasteiger partial charge in [0.25, 0.3) is 0 Å². The zero-order valence-electron chi connectivity index (χ0n) is 9.50. The number of urea groups is 1. The van der Waals surface area contributed by atoms with E-state index in [4.69, 9.17) is 0 Å². The van der Waals surface area contributed by atoms with E-state index in [-0.39, 0.29) is 6.03 Å². The Morgan fingerprint density at radius 1 is 0.722 bits per heavy atom. The van der Waals surface area contributed by atoms with Crippen LogP contribution >= 0.6 is 0 Å². The predicted octanol–water partition coefficient (Wildman–Crippen LogP) is 0.175. The van der Waals surface area contributed by atoms with Gasteiger partial charge in [0.1, 0.15) is 0 Å². The van der Waals surface area contributed by atoms with Crippen LogP contribution in [-0.4, -0.2) is 48.4 Å². The number of carbonyl (C=O) groups is 1. The summed E-state index contributed by atoms with van der Waals surface area (Å²) < 4.78 is 8.43. The third-order valence-corrected chi connectivity index (χ3v) is 6.55. The van der Waals surface area contributed by atoms with Gasteiger partial charge in [-0.2, -0.15) is 0 Å². The molecule has 2 N–H and O–H groups in total. The van der Waals surface area contributed by atoms with Crippen molar-refractivity contribution in [2.45, 2.75) is 0 Å². The molecule has 3 nitrogen and oxygen atoms in total. The summed E-state index contributed by atoms with van der Waals surface area (Å²) in [7, 11) is 0. The van der Waals surface area contributed by atoms with E-state index in [1.807, 2.05) is 36.4 Å². The first kappa shape index (κ1) is 13.7. The Morgan fingerprint density at radius 2 is 1.11 bits per heavy atom.